The second-order valence-corrected chi connectivity index (χ2v) is 4.70. The number of rotatable bonds is 7. The standard InChI is InChI=1S/C13H20ClN3O2/c1-15-11-7-6-10(14)12(16-11)13(19)17(2)8-4-3-5-9-18/h6-7,18H,3-5,8-9H2,1-2H3,(H,15,16). The quantitative estimate of drug-likeness (QED) is 0.752. The van der Waals surface area contributed by atoms with Gasteiger partial charge in [-0.2, -0.15) is 0 Å². The minimum atomic E-state index is -0.189. The average Bonchev–Trinajstić information content (AvgIpc) is 2.43. The van der Waals surface area contributed by atoms with Gasteiger partial charge in [0, 0.05) is 27.2 Å². The van der Waals surface area contributed by atoms with Gasteiger partial charge >= 0.3 is 0 Å². The first-order valence-corrected chi connectivity index (χ1v) is 6.68. The molecule has 5 nitrogen and oxygen atoms in total. The minimum absolute atomic E-state index is 0.189. The number of hydrogen-bond donors (Lipinski definition) is 2. The van der Waals surface area contributed by atoms with Crippen LogP contribution in [0, 0.1) is 0 Å². The van der Waals surface area contributed by atoms with Gasteiger partial charge < -0.3 is 15.3 Å². The Bertz CT molecular complexity index is 426. The van der Waals surface area contributed by atoms with E-state index in [1.807, 2.05) is 0 Å². The molecule has 0 saturated carbocycles. The third-order valence-electron chi connectivity index (χ3n) is 2.80. The third-order valence-corrected chi connectivity index (χ3v) is 3.11. The maximum Gasteiger partial charge on any atom is 0.273 e. The summed E-state index contributed by atoms with van der Waals surface area (Å²) in [5.41, 5.74) is 0.262. The number of pyridine rings is 1. The smallest absolute Gasteiger partial charge is 0.273 e. The molecule has 2 N–H and O–H groups in total. The third kappa shape index (κ3) is 4.69. The first-order chi connectivity index (χ1) is 9.10. The van der Waals surface area contributed by atoms with Crippen molar-refractivity contribution in [2.45, 2.75) is 19.3 Å². The predicted molar refractivity (Wildman–Crippen MR) is 76.7 cm³/mol. The van der Waals surface area contributed by atoms with Gasteiger partial charge in [0.15, 0.2) is 0 Å². The molecule has 1 rings (SSSR count). The van der Waals surface area contributed by atoms with Crippen LogP contribution in [0.25, 0.3) is 0 Å². The SMILES string of the molecule is CNc1ccc(Cl)c(C(=O)N(C)CCCCCO)n1. The van der Waals surface area contributed by atoms with Crippen LogP contribution >= 0.6 is 11.6 Å². The molecule has 0 radical (unpaired) electrons. The lowest BCUT2D eigenvalue weighted by molar-refractivity contribution is 0.0786. The summed E-state index contributed by atoms with van der Waals surface area (Å²) in [5.74, 6) is 0.424. The maximum absolute atomic E-state index is 12.2. The second kappa shape index (κ2) is 7.96. The Kier molecular flexibility index (Phi) is 6.59. The van der Waals surface area contributed by atoms with Crippen LogP contribution in [0.5, 0.6) is 0 Å². The molecule has 1 aromatic rings. The summed E-state index contributed by atoms with van der Waals surface area (Å²) in [6.07, 6.45) is 2.51. The summed E-state index contributed by atoms with van der Waals surface area (Å²) in [6, 6.07) is 3.38. The minimum Gasteiger partial charge on any atom is -0.396 e. The van der Waals surface area contributed by atoms with Gasteiger partial charge in [-0.25, -0.2) is 4.98 Å². The molecule has 0 aliphatic carbocycles. The molecular formula is C13H20ClN3O2. The topological polar surface area (TPSA) is 65.5 Å². The number of halogens is 1. The summed E-state index contributed by atoms with van der Waals surface area (Å²) < 4.78 is 0. The van der Waals surface area contributed by atoms with Gasteiger partial charge in [-0.3, -0.25) is 4.79 Å². The van der Waals surface area contributed by atoms with Crippen molar-refractivity contribution in [2.24, 2.45) is 0 Å². The highest BCUT2D eigenvalue weighted by Gasteiger charge is 2.17. The van der Waals surface area contributed by atoms with Gasteiger partial charge in [-0.15, -0.1) is 0 Å². The molecule has 1 aromatic heterocycles. The van der Waals surface area contributed by atoms with Crippen molar-refractivity contribution < 1.29 is 9.90 Å². The van der Waals surface area contributed by atoms with Gasteiger partial charge in [0.1, 0.15) is 11.5 Å². The van der Waals surface area contributed by atoms with E-state index in [1.165, 1.54) is 0 Å². The molecule has 0 aromatic carbocycles. The Hall–Kier alpha value is -1.33. The zero-order valence-electron chi connectivity index (χ0n) is 11.3. The summed E-state index contributed by atoms with van der Waals surface area (Å²) in [5, 5.41) is 11.9. The van der Waals surface area contributed by atoms with Crippen LogP contribution in [-0.4, -0.2) is 48.1 Å². The normalized spacial score (nSPS) is 10.3. The Balaban J connectivity index is 2.65. The number of anilines is 1. The monoisotopic (exact) mass is 285 g/mol. The lowest BCUT2D eigenvalue weighted by Crippen LogP contribution is -2.29. The number of nitrogens with zero attached hydrogens (tertiary/aromatic N) is 2. The Morgan fingerprint density at radius 2 is 2.16 bits per heavy atom. The van der Waals surface area contributed by atoms with Crippen LogP contribution in [0.4, 0.5) is 5.82 Å². The van der Waals surface area contributed by atoms with Gasteiger partial charge in [-0.05, 0) is 31.4 Å². The fraction of sp³-hybridized carbons (Fsp3) is 0.538. The number of carbonyl (C=O) groups excluding carboxylic acids is 1. The van der Waals surface area contributed by atoms with Crippen molar-refractivity contribution >= 4 is 23.3 Å². The van der Waals surface area contributed by atoms with Crippen molar-refractivity contribution in [2.75, 3.05) is 32.6 Å². The molecule has 0 atom stereocenters. The first kappa shape index (κ1) is 15.7. The highest BCUT2D eigenvalue weighted by atomic mass is 35.5. The number of aliphatic hydroxyl groups excluding tert-OH is 1. The lowest BCUT2D eigenvalue weighted by Gasteiger charge is -2.17. The molecule has 106 valence electrons. The zero-order valence-corrected chi connectivity index (χ0v) is 12.1. The number of hydrogen-bond acceptors (Lipinski definition) is 4. The van der Waals surface area contributed by atoms with Gasteiger partial charge in [-0.1, -0.05) is 11.6 Å². The highest BCUT2D eigenvalue weighted by Crippen LogP contribution is 2.18. The second-order valence-electron chi connectivity index (χ2n) is 4.29. The molecule has 0 saturated heterocycles. The number of aliphatic hydroxyl groups is 1. The van der Waals surface area contributed by atoms with E-state index in [-0.39, 0.29) is 18.2 Å². The van der Waals surface area contributed by atoms with E-state index in [0.717, 1.165) is 19.3 Å². The number of unbranched alkanes of at least 4 members (excludes halogenated alkanes) is 2. The number of carbonyl (C=O) groups is 1. The van der Waals surface area contributed by atoms with E-state index in [2.05, 4.69) is 10.3 Å². The fourth-order valence-electron chi connectivity index (χ4n) is 1.65. The van der Waals surface area contributed by atoms with Crippen molar-refractivity contribution in [3.8, 4) is 0 Å². The van der Waals surface area contributed by atoms with Crippen molar-refractivity contribution in [1.82, 2.24) is 9.88 Å². The molecule has 1 amide bonds. The average molecular weight is 286 g/mol. The molecule has 6 heteroatoms. The van der Waals surface area contributed by atoms with Gasteiger partial charge in [0.2, 0.25) is 0 Å². The van der Waals surface area contributed by atoms with Crippen LogP contribution < -0.4 is 5.32 Å². The zero-order chi connectivity index (χ0) is 14.3. The molecule has 0 unspecified atom stereocenters. The Morgan fingerprint density at radius 3 is 2.79 bits per heavy atom. The Morgan fingerprint density at radius 1 is 1.42 bits per heavy atom. The van der Waals surface area contributed by atoms with E-state index in [4.69, 9.17) is 16.7 Å². The highest BCUT2D eigenvalue weighted by molar-refractivity contribution is 6.33. The van der Waals surface area contributed by atoms with Gasteiger partial charge in [0.25, 0.3) is 5.91 Å². The van der Waals surface area contributed by atoms with E-state index in [9.17, 15) is 4.79 Å². The van der Waals surface area contributed by atoms with Gasteiger partial charge in [0.05, 0.1) is 5.02 Å². The molecule has 1 heterocycles. The molecule has 0 spiro atoms. The van der Waals surface area contributed by atoms with Crippen LogP contribution in [0.2, 0.25) is 5.02 Å². The molecule has 0 aliphatic heterocycles. The van der Waals surface area contributed by atoms with Crippen molar-refractivity contribution in [1.29, 1.82) is 0 Å². The Labute approximate surface area is 118 Å². The van der Waals surface area contributed by atoms with E-state index in [1.54, 1.807) is 31.1 Å². The largest absolute Gasteiger partial charge is 0.396 e. The molecular weight excluding hydrogens is 266 g/mol. The van der Waals surface area contributed by atoms with E-state index < -0.39 is 0 Å². The molecule has 0 aliphatic rings. The lowest BCUT2D eigenvalue weighted by atomic mass is 10.2. The molecule has 0 fully saturated rings. The molecule has 19 heavy (non-hydrogen) atoms. The number of nitrogens with one attached hydrogen (secondary N) is 1. The summed E-state index contributed by atoms with van der Waals surface area (Å²) >= 11 is 6.01. The summed E-state index contributed by atoms with van der Waals surface area (Å²) in [6.45, 7) is 0.815. The predicted octanol–water partition coefficient (Wildman–Crippen LogP) is 2.01. The first-order valence-electron chi connectivity index (χ1n) is 6.30. The summed E-state index contributed by atoms with van der Waals surface area (Å²) in [4.78, 5) is 18.0. The van der Waals surface area contributed by atoms with Crippen LogP contribution in [0.1, 0.15) is 29.8 Å². The summed E-state index contributed by atoms with van der Waals surface area (Å²) in [7, 11) is 3.47. The van der Waals surface area contributed by atoms with Crippen molar-refractivity contribution in [3.63, 3.8) is 0 Å². The fourth-order valence-corrected chi connectivity index (χ4v) is 1.84. The molecule has 0 bridgehead atoms. The van der Waals surface area contributed by atoms with Crippen LogP contribution in [0.15, 0.2) is 12.1 Å². The van der Waals surface area contributed by atoms with E-state index in [0.29, 0.717) is 17.4 Å². The number of aromatic nitrogens is 1. The van der Waals surface area contributed by atoms with Crippen molar-refractivity contribution in [3.05, 3.63) is 22.8 Å². The van der Waals surface area contributed by atoms with Crippen LogP contribution in [0.3, 0.4) is 0 Å². The maximum atomic E-state index is 12.2. The van der Waals surface area contributed by atoms with E-state index >= 15 is 0 Å². The van der Waals surface area contributed by atoms with Crippen LogP contribution in [-0.2, 0) is 0 Å². The number of amides is 1.